The van der Waals surface area contributed by atoms with Gasteiger partial charge in [-0.2, -0.15) is 0 Å². The predicted octanol–water partition coefficient (Wildman–Crippen LogP) is 6.44. The number of nitrogens with two attached hydrogens (primary N) is 1. The summed E-state index contributed by atoms with van der Waals surface area (Å²) in [6.45, 7) is 12.8. The van der Waals surface area contributed by atoms with Crippen LogP contribution in [0, 0.1) is 12.8 Å². The van der Waals surface area contributed by atoms with Crippen molar-refractivity contribution in [3.8, 4) is 5.75 Å². The quantitative estimate of drug-likeness (QED) is 0.244. The fraction of sp³-hybridized carbons (Fsp3) is 0.441. The van der Waals surface area contributed by atoms with Gasteiger partial charge >= 0.3 is 5.97 Å². The number of fused-ring (bicyclic) bond motifs is 1. The summed E-state index contributed by atoms with van der Waals surface area (Å²) in [5, 5.41) is 9.74. The van der Waals surface area contributed by atoms with Crippen LogP contribution in [0.15, 0.2) is 57.6 Å². The first-order chi connectivity index (χ1) is 20.3. The van der Waals surface area contributed by atoms with E-state index in [-0.39, 0.29) is 24.4 Å². The van der Waals surface area contributed by atoms with E-state index in [9.17, 15) is 14.7 Å². The van der Waals surface area contributed by atoms with Gasteiger partial charge < -0.3 is 29.3 Å². The third-order valence-electron chi connectivity index (χ3n) is 6.50. The molecule has 0 aliphatic carbocycles. The molecule has 1 amide bonds. The molecule has 232 valence electrons. The van der Waals surface area contributed by atoms with Gasteiger partial charge in [-0.15, -0.1) is 0 Å². The van der Waals surface area contributed by atoms with Crippen molar-refractivity contribution in [2.75, 3.05) is 6.61 Å². The number of carboxylic acid groups (broad SMARTS) is 1. The lowest BCUT2D eigenvalue weighted by Crippen LogP contribution is -2.48. The second-order valence-corrected chi connectivity index (χ2v) is 12.2. The maximum Gasteiger partial charge on any atom is 0.326 e. The second kappa shape index (κ2) is 15.4. The Morgan fingerprint density at radius 3 is 2.60 bits per heavy atom. The molecule has 0 bridgehead atoms. The number of benzene rings is 1. The van der Waals surface area contributed by atoms with Crippen LogP contribution in [0.25, 0.3) is 12.2 Å². The van der Waals surface area contributed by atoms with E-state index in [1.165, 1.54) is 23.3 Å². The molecule has 2 aromatic heterocycles. The zero-order valence-corrected chi connectivity index (χ0v) is 26.1. The van der Waals surface area contributed by atoms with E-state index in [1.54, 1.807) is 12.1 Å². The van der Waals surface area contributed by atoms with Crippen LogP contribution >= 0.6 is 0 Å². The molecular formula is C34H45N3O6. The van der Waals surface area contributed by atoms with Crippen molar-refractivity contribution in [2.45, 2.75) is 85.4 Å². The average molecular weight is 592 g/mol. The first-order valence-electron chi connectivity index (χ1n) is 14.7. The zero-order chi connectivity index (χ0) is 31.6. The highest BCUT2D eigenvalue weighted by Crippen LogP contribution is 2.28. The summed E-state index contributed by atoms with van der Waals surface area (Å²) in [7, 11) is 0. The Labute approximate surface area is 254 Å². The standard InChI is InChI=1S/C30H34N2O6.C4H11N/c1-20(2)7-4-5-9-28-31-26(21(3)38-28)14-16-37-25-11-10-22-18-27(30(34)35)32(19-23(22)17-25)29(33)13-12-24-8-6-15-36-24;1-4(2,3)5/h5-6,8-13,15,17,20,27H,4,7,14,16,18-19H2,1-3H3,(H,34,35);5H2,1-3H3/b9-5+,13-12+;/t27-;/m0./s1. The number of hydrogen-bond donors (Lipinski definition) is 2. The molecule has 1 atom stereocenters. The molecule has 0 fully saturated rings. The average Bonchev–Trinajstić information content (AvgIpc) is 3.57. The van der Waals surface area contributed by atoms with Crippen LogP contribution < -0.4 is 10.5 Å². The normalized spacial score (nSPS) is 15.1. The molecule has 9 nitrogen and oxygen atoms in total. The first kappa shape index (κ1) is 33.4. The highest BCUT2D eigenvalue weighted by molar-refractivity contribution is 5.94. The SMILES string of the molecule is CC(C)(C)N.Cc1oc(/C=C/CCC(C)C)nc1CCOc1ccc2c(c1)CN(C(=O)/C=C/c1ccco1)[C@H](C(=O)O)C2. The Morgan fingerprint density at radius 1 is 1.21 bits per heavy atom. The van der Waals surface area contributed by atoms with E-state index in [2.05, 4.69) is 24.9 Å². The largest absolute Gasteiger partial charge is 0.493 e. The molecule has 3 heterocycles. The predicted molar refractivity (Wildman–Crippen MR) is 167 cm³/mol. The molecule has 0 spiro atoms. The molecule has 3 N–H and O–H groups in total. The van der Waals surface area contributed by atoms with E-state index in [1.807, 2.05) is 52.0 Å². The number of oxazole rings is 1. The minimum absolute atomic E-state index is 0. The summed E-state index contributed by atoms with van der Waals surface area (Å²) in [5.74, 6) is 1.80. The molecule has 0 saturated carbocycles. The smallest absolute Gasteiger partial charge is 0.326 e. The van der Waals surface area contributed by atoms with Gasteiger partial charge in [0.15, 0.2) is 0 Å². The second-order valence-electron chi connectivity index (χ2n) is 12.2. The van der Waals surface area contributed by atoms with Crippen LogP contribution in [0.1, 0.15) is 81.7 Å². The maximum atomic E-state index is 12.9. The molecule has 9 heteroatoms. The van der Waals surface area contributed by atoms with E-state index in [0.717, 1.165) is 35.4 Å². The number of carbonyl (C=O) groups is 2. The van der Waals surface area contributed by atoms with Crippen molar-refractivity contribution in [1.29, 1.82) is 0 Å². The Hall–Kier alpha value is -4.11. The van der Waals surface area contributed by atoms with Gasteiger partial charge in [0, 0.05) is 31.0 Å². The number of nitrogens with zero attached hydrogens (tertiary/aromatic N) is 2. The summed E-state index contributed by atoms with van der Waals surface area (Å²) in [5.41, 5.74) is 7.97. The molecule has 0 saturated heterocycles. The van der Waals surface area contributed by atoms with Crippen molar-refractivity contribution in [3.05, 3.63) is 83.0 Å². The van der Waals surface area contributed by atoms with Crippen molar-refractivity contribution in [2.24, 2.45) is 11.7 Å². The number of aliphatic carboxylic acids is 1. The summed E-state index contributed by atoms with van der Waals surface area (Å²) in [6.07, 6.45) is 11.3. The minimum Gasteiger partial charge on any atom is -0.493 e. The number of carbonyl (C=O) groups excluding carboxylic acids is 1. The highest BCUT2D eigenvalue weighted by Gasteiger charge is 2.34. The third-order valence-corrected chi connectivity index (χ3v) is 6.50. The Morgan fingerprint density at radius 2 is 1.95 bits per heavy atom. The van der Waals surface area contributed by atoms with Crippen molar-refractivity contribution < 1.29 is 28.3 Å². The molecule has 43 heavy (non-hydrogen) atoms. The van der Waals surface area contributed by atoms with E-state index in [0.29, 0.717) is 36.3 Å². The number of furan rings is 1. The van der Waals surface area contributed by atoms with Crippen molar-refractivity contribution in [3.63, 3.8) is 0 Å². The lowest BCUT2D eigenvalue weighted by Gasteiger charge is -2.34. The molecule has 1 aromatic carbocycles. The van der Waals surface area contributed by atoms with Gasteiger partial charge in [0.25, 0.3) is 0 Å². The molecular weight excluding hydrogens is 546 g/mol. The molecule has 1 aliphatic rings. The number of rotatable bonds is 11. The summed E-state index contributed by atoms with van der Waals surface area (Å²) < 4.78 is 17.0. The topological polar surface area (TPSA) is 132 Å². The number of aromatic nitrogens is 1. The van der Waals surface area contributed by atoms with Gasteiger partial charge in [-0.25, -0.2) is 9.78 Å². The van der Waals surface area contributed by atoms with Crippen LogP contribution in [0.3, 0.4) is 0 Å². The van der Waals surface area contributed by atoms with Crippen LogP contribution in [-0.2, 0) is 29.0 Å². The molecule has 4 rings (SSSR count). The lowest BCUT2D eigenvalue weighted by molar-refractivity contribution is -0.149. The maximum absolute atomic E-state index is 12.9. The summed E-state index contributed by atoms with van der Waals surface area (Å²) >= 11 is 0. The highest BCUT2D eigenvalue weighted by atomic mass is 16.5. The van der Waals surface area contributed by atoms with Crippen LogP contribution in [-0.4, -0.2) is 45.1 Å². The van der Waals surface area contributed by atoms with Gasteiger partial charge in [-0.3, -0.25) is 4.79 Å². The van der Waals surface area contributed by atoms with E-state index < -0.39 is 12.0 Å². The Bertz CT molecular complexity index is 1390. The van der Waals surface area contributed by atoms with E-state index in [4.69, 9.17) is 19.3 Å². The van der Waals surface area contributed by atoms with Gasteiger partial charge in [0.05, 0.1) is 18.6 Å². The fourth-order valence-corrected chi connectivity index (χ4v) is 4.37. The minimum atomic E-state index is -1.03. The van der Waals surface area contributed by atoms with Gasteiger partial charge in [0.2, 0.25) is 11.8 Å². The number of amides is 1. The molecule has 1 aliphatic heterocycles. The van der Waals surface area contributed by atoms with Crippen LogP contribution in [0.4, 0.5) is 0 Å². The summed E-state index contributed by atoms with van der Waals surface area (Å²) in [4.78, 5) is 30.7. The van der Waals surface area contributed by atoms with E-state index >= 15 is 0 Å². The van der Waals surface area contributed by atoms with Gasteiger partial charge in [0.1, 0.15) is 23.3 Å². The first-order valence-corrected chi connectivity index (χ1v) is 14.7. The van der Waals surface area contributed by atoms with Gasteiger partial charge in [-0.05, 0) is 94.0 Å². The monoisotopic (exact) mass is 591 g/mol. The third kappa shape index (κ3) is 11.2. The van der Waals surface area contributed by atoms with Crippen LogP contribution in [0.2, 0.25) is 0 Å². The Balaban J connectivity index is 0.000000934. The van der Waals surface area contributed by atoms with Crippen LogP contribution in [0.5, 0.6) is 5.75 Å². The number of ether oxygens (including phenoxy) is 1. The van der Waals surface area contributed by atoms with Crippen molar-refractivity contribution in [1.82, 2.24) is 9.88 Å². The van der Waals surface area contributed by atoms with Gasteiger partial charge in [-0.1, -0.05) is 26.0 Å². The number of aryl methyl sites for hydroxylation is 1. The Kier molecular flexibility index (Phi) is 11.9. The number of hydrogen-bond acceptors (Lipinski definition) is 7. The molecule has 3 aromatic rings. The summed E-state index contributed by atoms with van der Waals surface area (Å²) in [6, 6.07) is 8.10. The van der Waals surface area contributed by atoms with Crippen molar-refractivity contribution >= 4 is 24.0 Å². The molecule has 0 unspecified atom stereocenters. The molecule has 0 radical (unpaired) electrons. The number of carboxylic acids is 1. The number of allylic oxidation sites excluding steroid dienone is 1. The lowest BCUT2D eigenvalue weighted by atomic mass is 9.93. The fourth-order valence-electron chi connectivity index (χ4n) is 4.37. The zero-order valence-electron chi connectivity index (χ0n) is 26.1.